The van der Waals surface area contributed by atoms with E-state index in [-0.39, 0.29) is 5.92 Å². The highest BCUT2D eigenvalue weighted by atomic mass is 35.5. The summed E-state index contributed by atoms with van der Waals surface area (Å²) < 4.78 is 0. The molecule has 0 aliphatic heterocycles. The average molecular weight is 323 g/mol. The summed E-state index contributed by atoms with van der Waals surface area (Å²) in [7, 11) is 4.06. The van der Waals surface area contributed by atoms with Crippen LogP contribution in [0.25, 0.3) is 0 Å². The lowest BCUT2D eigenvalue weighted by Gasteiger charge is -2.20. The Kier molecular flexibility index (Phi) is 5.51. The number of hydrogen-bond acceptors (Lipinski definition) is 2. The molecule has 0 bridgehead atoms. The highest BCUT2D eigenvalue weighted by Crippen LogP contribution is 2.33. The van der Waals surface area contributed by atoms with Crippen LogP contribution in [0.15, 0.2) is 42.5 Å². The summed E-state index contributed by atoms with van der Waals surface area (Å²) in [6.07, 6.45) is 0.821. The van der Waals surface area contributed by atoms with E-state index < -0.39 is 0 Å². The molecule has 0 radical (unpaired) electrons. The van der Waals surface area contributed by atoms with Crippen molar-refractivity contribution in [1.29, 1.82) is 0 Å². The minimum atomic E-state index is 0.114. The van der Waals surface area contributed by atoms with Gasteiger partial charge in [0.2, 0.25) is 0 Å². The van der Waals surface area contributed by atoms with Gasteiger partial charge in [0.1, 0.15) is 0 Å². The molecule has 112 valence electrons. The summed E-state index contributed by atoms with van der Waals surface area (Å²) in [6, 6.07) is 14.0. The van der Waals surface area contributed by atoms with Gasteiger partial charge in [-0.15, -0.1) is 0 Å². The van der Waals surface area contributed by atoms with Crippen molar-refractivity contribution < 1.29 is 0 Å². The van der Waals surface area contributed by atoms with E-state index in [1.807, 2.05) is 32.3 Å². The molecule has 4 heteroatoms. The number of anilines is 1. The molecule has 0 aliphatic carbocycles. The van der Waals surface area contributed by atoms with Crippen LogP contribution in [0, 0.1) is 0 Å². The quantitative estimate of drug-likeness (QED) is 0.887. The monoisotopic (exact) mass is 322 g/mol. The Balaban J connectivity index is 2.29. The van der Waals surface area contributed by atoms with Crippen LogP contribution in [0.3, 0.4) is 0 Å². The predicted octanol–water partition coefficient (Wildman–Crippen LogP) is 4.34. The zero-order valence-electron chi connectivity index (χ0n) is 12.3. The van der Waals surface area contributed by atoms with Gasteiger partial charge < -0.3 is 10.6 Å². The van der Waals surface area contributed by atoms with E-state index in [1.54, 1.807) is 0 Å². The molecule has 0 spiro atoms. The van der Waals surface area contributed by atoms with Gasteiger partial charge in [0.15, 0.2) is 0 Å². The Labute approximate surface area is 136 Å². The first kappa shape index (κ1) is 16.2. The molecule has 2 aromatic rings. The normalized spacial score (nSPS) is 12.2. The highest BCUT2D eigenvalue weighted by molar-refractivity contribution is 6.36. The lowest BCUT2D eigenvalue weighted by molar-refractivity contribution is 0.695. The van der Waals surface area contributed by atoms with Crippen molar-refractivity contribution in [3.05, 3.63) is 63.6 Å². The van der Waals surface area contributed by atoms with Gasteiger partial charge in [0.05, 0.1) is 0 Å². The standard InChI is InChI=1S/C17H20Cl2N2/c1-21(2)14-6-3-5-12(10-14)9-13(11-20)17-15(18)7-4-8-16(17)19/h3-8,10,13H,9,11,20H2,1-2H3. The Morgan fingerprint density at radius 1 is 1.05 bits per heavy atom. The summed E-state index contributed by atoms with van der Waals surface area (Å²) in [5, 5.41) is 1.36. The fourth-order valence-corrected chi connectivity index (χ4v) is 3.16. The van der Waals surface area contributed by atoms with Crippen molar-refractivity contribution in [3.8, 4) is 0 Å². The van der Waals surface area contributed by atoms with Crippen molar-refractivity contribution >= 4 is 28.9 Å². The fourth-order valence-electron chi connectivity index (χ4n) is 2.45. The van der Waals surface area contributed by atoms with Gasteiger partial charge in [-0.2, -0.15) is 0 Å². The maximum Gasteiger partial charge on any atom is 0.0456 e. The lowest BCUT2D eigenvalue weighted by atomic mass is 9.91. The predicted molar refractivity (Wildman–Crippen MR) is 92.7 cm³/mol. The van der Waals surface area contributed by atoms with Gasteiger partial charge in [-0.25, -0.2) is 0 Å². The van der Waals surface area contributed by atoms with Crippen LogP contribution in [0.4, 0.5) is 5.69 Å². The SMILES string of the molecule is CN(C)c1cccc(CC(CN)c2c(Cl)cccc2Cl)c1. The minimum absolute atomic E-state index is 0.114. The largest absolute Gasteiger partial charge is 0.378 e. The topological polar surface area (TPSA) is 29.3 Å². The molecular formula is C17H20Cl2N2. The van der Waals surface area contributed by atoms with Gasteiger partial charge in [0.25, 0.3) is 0 Å². The Hall–Kier alpha value is -1.22. The maximum absolute atomic E-state index is 6.30. The van der Waals surface area contributed by atoms with Crippen LogP contribution in [0.5, 0.6) is 0 Å². The number of nitrogens with zero attached hydrogens (tertiary/aromatic N) is 1. The van der Waals surface area contributed by atoms with Gasteiger partial charge >= 0.3 is 0 Å². The number of benzene rings is 2. The van der Waals surface area contributed by atoms with Crippen LogP contribution < -0.4 is 10.6 Å². The second-order valence-electron chi connectivity index (χ2n) is 5.34. The molecule has 2 N–H and O–H groups in total. The summed E-state index contributed by atoms with van der Waals surface area (Å²) in [5.41, 5.74) is 9.31. The van der Waals surface area contributed by atoms with E-state index in [1.165, 1.54) is 11.3 Å². The van der Waals surface area contributed by atoms with E-state index in [9.17, 15) is 0 Å². The zero-order valence-corrected chi connectivity index (χ0v) is 13.8. The third-order valence-electron chi connectivity index (χ3n) is 3.60. The van der Waals surface area contributed by atoms with Gasteiger partial charge in [0, 0.05) is 35.7 Å². The van der Waals surface area contributed by atoms with Crippen molar-refractivity contribution in [2.24, 2.45) is 5.73 Å². The molecule has 0 aromatic heterocycles. The summed E-state index contributed by atoms with van der Waals surface area (Å²) >= 11 is 12.6. The number of nitrogens with two attached hydrogens (primary N) is 1. The third kappa shape index (κ3) is 3.91. The first-order valence-electron chi connectivity index (χ1n) is 6.93. The van der Waals surface area contributed by atoms with Crippen molar-refractivity contribution in [1.82, 2.24) is 0 Å². The Bertz CT molecular complexity index is 591. The molecule has 0 heterocycles. The highest BCUT2D eigenvalue weighted by Gasteiger charge is 2.17. The molecule has 0 aliphatic rings. The molecule has 21 heavy (non-hydrogen) atoms. The molecule has 2 rings (SSSR count). The van der Waals surface area contributed by atoms with E-state index in [0.717, 1.165) is 12.0 Å². The van der Waals surface area contributed by atoms with Crippen molar-refractivity contribution in [2.45, 2.75) is 12.3 Å². The summed E-state index contributed by atoms with van der Waals surface area (Å²) in [5.74, 6) is 0.114. The van der Waals surface area contributed by atoms with Crippen LogP contribution in [-0.2, 0) is 6.42 Å². The summed E-state index contributed by atoms with van der Waals surface area (Å²) in [4.78, 5) is 2.09. The molecule has 2 nitrogen and oxygen atoms in total. The zero-order chi connectivity index (χ0) is 15.4. The minimum Gasteiger partial charge on any atom is -0.378 e. The maximum atomic E-state index is 6.30. The smallest absolute Gasteiger partial charge is 0.0456 e. The van der Waals surface area contributed by atoms with Crippen LogP contribution in [0.1, 0.15) is 17.0 Å². The number of rotatable bonds is 5. The van der Waals surface area contributed by atoms with Gasteiger partial charge in [-0.1, -0.05) is 41.4 Å². The van der Waals surface area contributed by atoms with Crippen LogP contribution >= 0.6 is 23.2 Å². The third-order valence-corrected chi connectivity index (χ3v) is 4.26. The Morgan fingerprint density at radius 3 is 2.24 bits per heavy atom. The molecule has 0 saturated carbocycles. The molecule has 0 fully saturated rings. The van der Waals surface area contributed by atoms with Crippen LogP contribution in [-0.4, -0.2) is 20.6 Å². The van der Waals surface area contributed by atoms with Crippen LogP contribution in [0.2, 0.25) is 10.0 Å². The lowest BCUT2D eigenvalue weighted by Crippen LogP contribution is -2.16. The molecule has 0 amide bonds. The molecular weight excluding hydrogens is 303 g/mol. The van der Waals surface area contributed by atoms with E-state index in [2.05, 4.69) is 29.2 Å². The van der Waals surface area contributed by atoms with Gasteiger partial charge in [-0.3, -0.25) is 0 Å². The second-order valence-corrected chi connectivity index (χ2v) is 6.15. The average Bonchev–Trinajstić information content (AvgIpc) is 2.46. The number of hydrogen-bond donors (Lipinski definition) is 1. The molecule has 2 aromatic carbocycles. The Morgan fingerprint density at radius 2 is 1.67 bits per heavy atom. The second kappa shape index (κ2) is 7.17. The molecule has 0 saturated heterocycles. The summed E-state index contributed by atoms with van der Waals surface area (Å²) in [6.45, 7) is 0.510. The molecule has 1 atom stereocenters. The van der Waals surface area contributed by atoms with E-state index in [4.69, 9.17) is 28.9 Å². The van der Waals surface area contributed by atoms with Crippen molar-refractivity contribution in [3.63, 3.8) is 0 Å². The van der Waals surface area contributed by atoms with E-state index >= 15 is 0 Å². The fraction of sp³-hybridized carbons (Fsp3) is 0.294. The number of halogens is 2. The first-order valence-corrected chi connectivity index (χ1v) is 7.68. The van der Waals surface area contributed by atoms with Crippen molar-refractivity contribution in [2.75, 3.05) is 25.5 Å². The van der Waals surface area contributed by atoms with Gasteiger partial charge in [-0.05, 0) is 48.4 Å². The first-order chi connectivity index (χ1) is 10.0. The van der Waals surface area contributed by atoms with E-state index in [0.29, 0.717) is 16.6 Å². The molecule has 1 unspecified atom stereocenters.